The minimum Gasteiger partial charge on any atom is -0.354 e. The number of rotatable bonds is 4. The number of piperazine rings is 1. The first-order valence-corrected chi connectivity index (χ1v) is 11.1. The molecule has 0 atom stereocenters. The highest BCUT2D eigenvalue weighted by Crippen LogP contribution is 2.30. The maximum absolute atomic E-state index is 12.9. The Morgan fingerprint density at radius 1 is 0.939 bits per heavy atom. The minimum atomic E-state index is -0.185. The number of fused-ring (bicyclic) bond motifs is 1. The zero-order valence-corrected chi connectivity index (χ0v) is 18.8. The van der Waals surface area contributed by atoms with Crippen molar-refractivity contribution in [2.24, 2.45) is 0 Å². The molecule has 3 heterocycles. The van der Waals surface area contributed by atoms with Crippen LogP contribution in [-0.2, 0) is 0 Å². The monoisotopic (exact) mass is 438 g/mol. The number of pyridine rings is 1. The van der Waals surface area contributed by atoms with Crippen LogP contribution in [0.5, 0.6) is 0 Å². The summed E-state index contributed by atoms with van der Waals surface area (Å²) in [6.45, 7) is 5.96. The Hall–Kier alpha value is -3.84. The standard InChI is InChI=1S/C26H26N6O/c1-18-7-9-20(15-22(18)25-21-5-3-4-6-23(21)28-17-29-25)30-26(33)19-8-10-24(27-16-19)32-13-11-31(2)12-14-32/h3-10,15-17H,11-14H2,1-2H3,(H,30,33). The second-order valence-corrected chi connectivity index (χ2v) is 8.42. The molecule has 7 nitrogen and oxygen atoms in total. The van der Waals surface area contributed by atoms with Gasteiger partial charge in [0.1, 0.15) is 12.1 Å². The van der Waals surface area contributed by atoms with Crippen LogP contribution in [0.4, 0.5) is 11.5 Å². The molecule has 0 unspecified atom stereocenters. The van der Waals surface area contributed by atoms with Crippen molar-refractivity contribution in [1.29, 1.82) is 0 Å². The SMILES string of the molecule is Cc1ccc(NC(=O)c2ccc(N3CCN(C)CC3)nc2)cc1-c1ncnc2ccccc12. The van der Waals surface area contributed by atoms with Gasteiger partial charge in [-0.25, -0.2) is 15.0 Å². The summed E-state index contributed by atoms with van der Waals surface area (Å²) in [7, 11) is 2.13. The number of amides is 1. The lowest BCUT2D eigenvalue weighted by atomic mass is 10.0. The molecule has 1 aliphatic heterocycles. The third kappa shape index (κ3) is 4.40. The number of likely N-dealkylation sites (N-methyl/N-ethyl adjacent to an activating group) is 1. The van der Waals surface area contributed by atoms with Gasteiger partial charge in [-0.1, -0.05) is 24.3 Å². The van der Waals surface area contributed by atoms with E-state index in [0.29, 0.717) is 11.3 Å². The summed E-state index contributed by atoms with van der Waals surface area (Å²) in [4.78, 5) is 30.9. The number of nitrogens with one attached hydrogen (secondary N) is 1. The Balaban J connectivity index is 1.36. The van der Waals surface area contributed by atoms with Gasteiger partial charge in [0.15, 0.2) is 0 Å². The third-order valence-electron chi connectivity index (χ3n) is 6.13. The summed E-state index contributed by atoms with van der Waals surface area (Å²) >= 11 is 0. The second kappa shape index (κ2) is 8.96. The van der Waals surface area contributed by atoms with Gasteiger partial charge in [-0.15, -0.1) is 0 Å². The molecule has 2 aromatic carbocycles. The van der Waals surface area contributed by atoms with E-state index in [2.05, 4.69) is 37.1 Å². The predicted molar refractivity (Wildman–Crippen MR) is 132 cm³/mol. The van der Waals surface area contributed by atoms with Gasteiger partial charge in [0, 0.05) is 49.0 Å². The second-order valence-electron chi connectivity index (χ2n) is 8.42. The van der Waals surface area contributed by atoms with E-state index in [4.69, 9.17) is 0 Å². The quantitative estimate of drug-likeness (QED) is 0.519. The third-order valence-corrected chi connectivity index (χ3v) is 6.13. The van der Waals surface area contributed by atoms with Crippen LogP contribution >= 0.6 is 0 Å². The molecule has 1 N–H and O–H groups in total. The van der Waals surface area contributed by atoms with Gasteiger partial charge >= 0.3 is 0 Å². The van der Waals surface area contributed by atoms with Gasteiger partial charge in [-0.3, -0.25) is 4.79 Å². The Bertz CT molecular complexity index is 1290. The van der Waals surface area contributed by atoms with E-state index in [0.717, 1.165) is 59.7 Å². The van der Waals surface area contributed by atoms with Crippen LogP contribution in [0, 0.1) is 6.92 Å². The van der Waals surface area contributed by atoms with Crippen molar-refractivity contribution in [3.05, 3.63) is 78.2 Å². The Morgan fingerprint density at radius 2 is 1.76 bits per heavy atom. The van der Waals surface area contributed by atoms with Crippen molar-refractivity contribution in [2.75, 3.05) is 43.4 Å². The lowest BCUT2D eigenvalue weighted by Crippen LogP contribution is -2.44. The van der Waals surface area contributed by atoms with Gasteiger partial charge in [0.05, 0.1) is 16.8 Å². The molecule has 166 valence electrons. The average Bonchev–Trinajstić information content (AvgIpc) is 2.85. The average molecular weight is 439 g/mol. The maximum atomic E-state index is 12.9. The van der Waals surface area contributed by atoms with Crippen molar-refractivity contribution < 1.29 is 4.79 Å². The zero-order valence-electron chi connectivity index (χ0n) is 18.8. The topological polar surface area (TPSA) is 74.2 Å². The molecule has 1 fully saturated rings. The largest absolute Gasteiger partial charge is 0.354 e. The molecule has 0 saturated carbocycles. The molecule has 0 aliphatic carbocycles. The summed E-state index contributed by atoms with van der Waals surface area (Å²) in [5.41, 5.74) is 5.04. The van der Waals surface area contributed by atoms with E-state index in [1.807, 2.05) is 61.5 Å². The van der Waals surface area contributed by atoms with E-state index >= 15 is 0 Å². The van der Waals surface area contributed by atoms with Crippen molar-refractivity contribution >= 4 is 28.3 Å². The smallest absolute Gasteiger partial charge is 0.257 e. The molecule has 1 amide bonds. The number of hydrogen-bond acceptors (Lipinski definition) is 6. The van der Waals surface area contributed by atoms with Crippen molar-refractivity contribution in [3.63, 3.8) is 0 Å². The lowest BCUT2D eigenvalue weighted by molar-refractivity contribution is 0.102. The summed E-state index contributed by atoms with van der Waals surface area (Å²) in [6.07, 6.45) is 3.23. The number of carbonyl (C=O) groups excluding carboxylic acids is 1. The number of benzene rings is 2. The highest BCUT2D eigenvalue weighted by Gasteiger charge is 2.16. The molecule has 5 rings (SSSR count). The van der Waals surface area contributed by atoms with Crippen LogP contribution in [-0.4, -0.2) is 59.0 Å². The summed E-state index contributed by atoms with van der Waals surface area (Å²) < 4.78 is 0. The number of para-hydroxylation sites is 1. The van der Waals surface area contributed by atoms with Crippen molar-refractivity contribution in [1.82, 2.24) is 19.9 Å². The van der Waals surface area contributed by atoms with Gasteiger partial charge in [0.2, 0.25) is 0 Å². The first-order valence-electron chi connectivity index (χ1n) is 11.1. The van der Waals surface area contributed by atoms with Crippen LogP contribution in [0.2, 0.25) is 0 Å². The van der Waals surface area contributed by atoms with E-state index in [1.165, 1.54) is 0 Å². The summed E-state index contributed by atoms with van der Waals surface area (Å²) in [5, 5.41) is 3.99. The van der Waals surface area contributed by atoms with Crippen molar-refractivity contribution in [2.45, 2.75) is 6.92 Å². The molecule has 1 aliphatic rings. The number of aryl methyl sites for hydroxylation is 1. The molecule has 1 saturated heterocycles. The highest BCUT2D eigenvalue weighted by molar-refractivity contribution is 6.04. The minimum absolute atomic E-state index is 0.185. The van der Waals surface area contributed by atoms with Gasteiger partial charge in [-0.2, -0.15) is 0 Å². The first kappa shape index (κ1) is 21.0. The fourth-order valence-electron chi connectivity index (χ4n) is 4.12. The molecule has 4 aromatic rings. The fourth-order valence-corrected chi connectivity index (χ4v) is 4.12. The van der Waals surface area contributed by atoms with Crippen molar-refractivity contribution in [3.8, 4) is 11.3 Å². The van der Waals surface area contributed by atoms with Gasteiger partial charge in [0.25, 0.3) is 5.91 Å². The van der Waals surface area contributed by atoms with Gasteiger partial charge < -0.3 is 15.1 Å². The molecule has 0 spiro atoms. The predicted octanol–water partition coefficient (Wildman–Crippen LogP) is 4.00. The molecular formula is C26H26N6O. The Morgan fingerprint density at radius 3 is 2.55 bits per heavy atom. The van der Waals surface area contributed by atoms with E-state index in [1.54, 1.807) is 12.5 Å². The molecule has 33 heavy (non-hydrogen) atoms. The number of aromatic nitrogens is 3. The number of hydrogen-bond donors (Lipinski definition) is 1. The number of carbonyl (C=O) groups is 1. The maximum Gasteiger partial charge on any atom is 0.257 e. The normalized spacial score (nSPS) is 14.4. The first-order chi connectivity index (χ1) is 16.1. The molecule has 7 heteroatoms. The number of nitrogens with zero attached hydrogens (tertiary/aromatic N) is 5. The van der Waals surface area contributed by atoms with Crippen LogP contribution in [0.25, 0.3) is 22.2 Å². The Kier molecular flexibility index (Phi) is 5.71. The van der Waals surface area contributed by atoms with E-state index in [9.17, 15) is 4.79 Å². The van der Waals surface area contributed by atoms with E-state index < -0.39 is 0 Å². The fraction of sp³-hybridized carbons (Fsp3) is 0.231. The number of anilines is 2. The zero-order chi connectivity index (χ0) is 22.8. The molecule has 0 bridgehead atoms. The van der Waals surface area contributed by atoms with Crippen LogP contribution in [0.15, 0.2) is 67.1 Å². The van der Waals surface area contributed by atoms with Crippen LogP contribution in [0.1, 0.15) is 15.9 Å². The van der Waals surface area contributed by atoms with Crippen LogP contribution in [0.3, 0.4) is 0 Å². The molecular weight excluding hydrogens is 412 g/mol. The van der Waals surface area contributed by atoms with Crippen LogP contribution < -0.4 is 10.2 Å². The molecule has 0 radical (unpaired) electrons. The Labute approximate surface area is 193 Å². The lowest BCUT2D eigenvalue weighted by Gasteiger charge is -2.33. The molecule has 2 aromatic heterocycles. The summed E-state index contributed by atoms with van der Waals surface area (Å²) in [6, 6.07) is 17.6. The van der Waals surface area contributed by atoms with Gasteiger partial charge in [-0.05, 0) is 49.9 Å². The summed E-state index contributed by atoms with van der Waals surface area (Å²) in [5.74, 6) is 0.725. The van der Waals surface area contributed by atoms with E-state index in [-0.39, 0.29) is 5.91 Å². The highest BCUT2D eigenvalue weighted by atomic mass is 16.1.